The van der Waals surface area contributed by atoms with Crippen molar-refractivity contribution in [3.05, 3.63) is 53.1 Å². The molecule has 8 heteroatoms. The molecule has 0 bridgehead atoms. The van der Waals surface area contributed by atoms with Gasteiger partial charge in [-0.25, -0.2) is 0 Å². The summed E-state index contributed by atoms with van der Waals surface area (Å²) in [4.78, 5) is 1.63. The number of hydrogen-bond acceptors (Lipinski definition) is 4. The van der Waals surface area contributed by atoms with E-state index in [-0.39, 0.29) is 17.9 Å². The predicted molar refractivity (Wildman–Crippen MR) is 106 cm³/mol. The van der Waals surface area contributed by atoms with Crippen LogP contribution in [0.5, 0.6) is 11.5 Å². The van der Waals surface area contributed by atoms with Gasteiger partial charge in [0, 0.05) is 11.4 Å². The van der Waals surface area contributed by atoms with Gasteiger partial charge in [0.1, 0.15) is 0 Å². The molecule has 0 saturated carbocycles. The first-order chi connectivity index (χ1) is 13.6. The number of alkyl halides is 3. The van der Waals surface area contributed by atoms with Crippen molar-refractivity contribution in [3.63, 3.8) is 0 Å². The summed E-state index contributed by atoms with van der Waals surface area (Å²) >= 11 is 0. The van der Waals surface area contributed by atoms with Gasteiger partial charge < -0.3 is 9.47 Å². The van der Waals surface area contributed by atoms with Gasteiger partial charge >= 0.3 is 6.18 Å². The predicted octanol–water partition coefficient (Wildman–Crippen LogP) is 4.07. The van der Waals surface area contributed by atoms with Gasteiger partial charge in [0.15, 0.2) is 17.0 Å². The number of nitrogens with zero attached hydrogens (tertiary/aromatic N) is 1. The molecule has 4 nitrogen and oxygen atoms in total. The third-order valence-corrected chi connectivity index (χ3v) is 6.99. The number of rotatable bonds is 5. The van der Waals surface area contributed by atoms with Crippen molar-refractivity contribution in [2.45, 2.75) is 30.0 Å². The average molecular weight is 427 g/mol. The highest BCUT2D eigenvalue weighted by Gasteiger charge is 2.61. The fourth-order valence-corrected chi connectivity index (χ4v) is 5.32. The topological polar surface area (TPSA) is 38.8 Å². The van der Waals surface area contributed by atoms with Crippen molar-refractivity contribution in [2.24, 2.45) is 0 Å². The molecule has 1 heterocycles. The molecule has 0 radical (unpaired) electrons. The fourth-order valence-electron chi connectivity index (χ4n) is 3.80. The number of aryl methyl sites for hydroxylation is 1. The maximum atomic E-state index is 14.6. The van der Waals surface area contributed by atoms with E-state index in [0.29, 0.717) is 22.6 Å². The van der Waals surface area contributed by atoms with Gasteiger partial charge in [-0.1, -0.05) is 17.7 Å². The second-order valence-electron chi connectivity index (χ2n) is 7.20. The van der Waals surface area contributed by atoms with Gasteiger partial charge in [-0.3, -0.25) is 9.11 Å². The minimum Gasteiger partial charge on any atom is -0.493 e. The zero-order valence-corrected chi connectivity index (χ0v) is 17.6. The number of hydrogen-bond donors (Lipinski definition) is 0. The Bertz CT molecular complexity index is 915. The maximum Gasteiger partial charge on any atom is 0.411 e. The molecule has 0 aliphatic carbocycles. The number of likely N-dealkylation sites (N-methyl/N-ethyl adjacent to an activating group) is 1. The van der Waals surface area contributed by atoms with E-state index in [2.05, 4.69) is 0 Å². The van der Waals surface area contributed by atoms with Crippen LogP contribution in [-0.2, 0) is 22.8 Å². The Hall–Kier alpha value is -2.06. The van der Waals surface area contributed by atoms with Crippen LogP contribution in [0.4, 0.5) is 13.2 Å². The Kier molecular flexibility index (Phi) is 5.96. The lowest BCUT2D eigenvalue weighted by Crippen LogP contribution is -2.60. The minimum atomic E-state index is -4.64. The van der Waals surface area contributed by atoms with Crippen molar-refractivity contribution in [2.75, 3.05) is 33.6 Å². The van der Waals surface area contributed by atoms with Gasteiger partial charge in [-0.15, -0.1) is 0 Å². The van der Waals surface area contributed by atoms with E-state index in [1.54, 1.807) is 30.3 Å². The molecule has 0 saturated heterocycles. The first-order valence-electron chi connectivity index (χ1n) is 9.12. The summed E-state index contributed by atoms with van der Waals surface area (Å²) in [6.45, 7) is 2.06. The lowest BCUT2D eigenvalue weighted by atomic mass is 9.81. The third kappa shape index (κ3) is 3.75. The van der Waals surface area contributed by atoms with E-state index in [9.17, 15) is 17.4 Å². The molecule has 0 N–H and O–H groups in total. The second-order valence-corrected chi connectivity index (χ2v) is 8.65. The molecule has 29 heavy (non-hydrogen) atoms. The monoisotopic (exact) mass is 427 g/mol. The molecule has 0 amide bonds. The van der Waals surface area contributed by atoms with Gasteiger partial charge in [-0.05, 0) is 55.8 Å². The van der Waals surface area contributed by atoms with E-state index < -0.39 is 28.3 Å². The summed E-state index contributed by atoms with van der Waals surface area (Å²) < 4.78 is 67.5. The molecule has 158 valence electrons. The molecule has 0 unspecified atom stereocenters. The summed E-state index contributed by atoms with van der Waals surface area (Å²) in [5, 5.41) is 0. The minimum absolute atomic E-state index is 0.0665. The lowest BCUT2D eigenvalue weighted by molar-refractivity contribution is -0.228. The lowest BCUT2D eigenvalue weighted by Gasteiger charge is -2.47. The first-order valence-corrected chi connectivity index (χ1v) is 10.4. The van der Waals surface area contributed by atoms with Crippen molar-refractivity contribution >= 4 is 10.8 Å². The Balaban J connectivity index is 2.17. The number of halogens is 3. The fraction of sp³-hybridized carbons (Fsp3) is 0.429. The summed E-state index contributed by atoms with van der Waals surface area (Å²) in [6.07, 6.45) is -4.21. The average Bonchev–Trinajstić information content (AvgIpc) is 2.68. The largest absolute Gasteiger partial charge is 0.493 e. The molecule has 3 rings (SSSR count). The van der Waals surface area contributed by atoms with Gasteiger partial charge in [0.05, 0.1) is 30.8 Å². The molecule has 2 aromatic carbocycles. The SMILES string of the molecule is COc1cc2c(cc1OC)[C@@](C[S@@](=O)c1ccc(C)cc1)(C(F)(F)F)N(C)CC2. The number of fused-ring (bicyclic) bond motifs is 1. The standard InChI is InChI=1S/C21H24F3NO3S/c1-14-5-7-16(8-6-14)29(26)13-20(21(22,23)24)17-12-19(28-4)18(27-3)11-15(17)9-10-25(20)2/h5-8,11-12H,9-10,13H2,1-4H3/t20-,29+/m0/s1. The molecule has 0 aromatic heterocycles. The van der Waals surface area contributed by atoms with Crippen molar-refractivity contribution < 1.29 is 26.9 Å². The van der Waals surface area contributed by atoms with Crippen LogP contribution in [0.2, 0.25) is 0 Å². The molecule has 1 aliphatic heterocycles. The number of methoxy groups -OCH3 is 2. The van der Waals surface area contributed by atoms with Crippen molar-refractivity contribution in [3.8, 4) is 11.5 Å². The van der Waals surface area contributed by atoms with Crippen LogP contribution in [0.1, 0.15) is 16.7 Å². The van der Waals surface area contributed by atoms with Crippen molar-refractivity contribution in [1.29, 1.82) is 0 Å². The molecule has 0 spiro atoms. The molecule has 2 atom stereocenters. The zero-order chi connectivity index (χ0) is 21.4. The number of benzene rings is 2. The molecular weight excluding hydrogens is 403 g/mol. The van der Waals surface area contributed by atoms with Crippen LogP contribution in [0.3, 0.4) is 0 Å². The van der Waals surface area contributed by atoms with Crippen LogP contribution in [0.25, 0.3) is 0 Å². The summed E-state index contributed by atoms with van der Waals surface area (Å²) in [6, 6.07) is 9.71. The Labute approximate surface area is 171 Å². The highest BCUT2D eigenvalue weighted by Crippen LogP contribution is 2.50. The second kappa shape index (κ2) is 7.99. The van der Waals surface area contributed by atoms with E-state index in [1.165, 1.54) is 32.2 Å². The van der Waals surface area contributed by atoms with Crippen LogP contribution in [0.15, 0.2) is 41.3 Å². The summed E-state index contributed by atoms with van der Waals surface area (Å²) in [7, 11) is 2.41. The first kappa shape index (κ1) is 21.6. The third-order valence-electron chi connectivity index (χ3n) is 5.52. The normalized spacial score (nSPS) is 20.8. The smallest absolute Gasteiger partial charge is 0.411 e. The Morgan fingerprint density at radius 2 is 1.69 bits per heavy atom. The highest BCUT2D eigenvalue weighted by molar-refractivity contribution is 7.85. The quantitative estimate of drug-likeness (QED) is 0.721. The summed E-state index contributed by atoms with van der Waals surface area (Å²) in [5.41, 5.74) is -0.848. The molecule has 0 fully saturated rings. The van der Waals surface area contributed by atoms with Gasteiger partial charge in [-0.2, -0.15) is 13.2 Å². The molecular formula is C21H24F3NO3S. The van der Waals surface area contributed by atoms with E-state index in [1.807, 2.05) is 6.92 Å². The van der Waals surface area contributed by atoms with Gasteiger partial charge in [0.2, 0.25) is 0 Å². The van der Waals surface area contributed by atoms with E-state index in [4.69, 9.17) is 9.47 Å². The maximum absolute atomic E-state index is 14.6. The molecule has 2 aromatic rings. The van der Waals surface area contributed by atoms with E-state index in [0.717, 1.165) is 5.56 Å². The highest BCUT2D eigenvalue weighted by atomic mass is 32.2. The van der Waals surface area contributed by atoms with E-state index >= 15 is 0 Å². The Morgan fingerprint density at radius 1 is 1.10 bits per heavy atom. The van der Waals surface area contributed by atoms with Crippen LogP contribution in [-0.4, -0.2) is 48.8 Å². The van der Waals surface area contributed by atoms with Crippen LogP contribution >= 0.6 is 0 Å². The zero-order valence-electron chi connectivity index (χ0n) is 16.8. The van der Waals surface area contributed by atoms with Crippen LogP contribution < -0.4 is 9.47 Å². The number of ether oxygens (including phenoxy) is 2. The molecule has 1 aliphatic rings. The van der Waals surface area contributed by atoms with Crippen LogP contribution in [0, 0.1) is 6.92 Å². The Morgan fingerprint density at radius 3 is 2.24 bits per heavy atom. The van der Waals surface area contributed by atoms with Gasteiger partial charge in [0.25, 0.3) is 0 Å². The summed E-state index contributed by atoms with van der Waals surface area (Å²) in [5.74, 6) is 0.00117. The van der Waals surface area contributed by atoms with Crippen molar-refractivity contribution in [1.82, 2.24) is 4.90 Å².